The number of carbonyl (C=O) groups excluding carboxylic acids is 1. The van der Waals surface area contributed by atoms with Crippen molar-refractivity contribution < 1.29 is 19.4 Å². The second-order valence-corrected chi connectivity index (χ2v) is 5.89. The second kappa shape index (κ2) is 6.35. The molecule has 1 aliphatic rings. The summed E-state index contributed by atoms with van der Waals surface area (Å²) in [5.41, 5.74) is 2.26. The predicted octanol–water partition coefficient (Wildman–Crippen LogP) is 3.01. The maximum absolute atomic E-state index is 12.9. The van der Waals surface area contributed by atoms with Gasteiger partial charge in [0.05, 0.1) is 13.0 Å². The van der Waals surface area contributed by atoms with Crippen LogP contribution in [0.3, 0.4) is 0 Å². The summed E-state index contributed by atoms with van der Waals surface area (Å²) in [6.45, 7) is 2.01. The van der Waals surface area contributed by atoms with Gasteiger partial charge >= 0.3 is 5.97 Å². The topological polar surface area (TPSA) is 66.8 Å². The highest BCUT2D eigenvalue weighted by atomic mass is 16.5. The first-order valence-corrected chi connectivity index (χ1v) is 7.80. The fourth-order valence-corrected chi connectivity index (χ4v) is 3.10. The molecule has 0 bridgehead atoms. The number of hydrogen-bond acceptors (Lipinski definition) is 3. The first-order chi connectivity index (χ1) is 11.5. The van der Waals surface area contributed by atoms with Crippen LogP contribution in [0.4, 0.5) is 5.69 Å². The van der Waals surface area contributed by atoms with E-state index in [9.17, 15) is 14.7 Å². The number of carboxylic acid groups (broad SMARTS) is 1. The van der Waals surface area contributed by atoms with E-state index in [4.69, 9.17) is 4.74 Å². The first-order valence-electron chi connectivity index (χ1n) is 7.80. The van der Waals surface area contributed by atoms with Crippen LogP contribution in [0.15, 0.2) is 48.5 Å². The molecule has 0 radical (unpaired) electrons. The van der Waals surface area contributed by atoms with Gasteiger partial charge in [-0.05, 0) is 36.2 Å². The Kier molecular flexibility index (Phi) is 4.25. The van der Waals surface area contributed by atoms with Gasteiger partial charge in [-0.25, -0.2) is 0 Å². The lowest BCUT2D eigenvalue weighted by Crippen LogP contribution is -2.34. The van der Waals surface area contributed by atoms with E-state index in [1.807, 2.05) is 37.3 Å². The summed E-state index contributed by atoms with van der Waals surface area (Å²) >= 11 is 0. The van der Waals surface area contributed by atoms with Crippen LogP contribution in [0.25, 0.3) is 0 Å². The Morgan fingerprint density at radius 3 is 2.46 bits per heavy atom. The van der Waals surface area contributed by atoms with E-state index < -0.39 is 11.9 Å². The summed E-state index contributed by atoms with van der Waals surface area (Å²) in [6.07, 6.45) is 0. The zero-order valence-electron chi connectivity index (χ0n) is 13.6. The molecule has 0 fully saturated rings. The number of benzene rings is 2. The van der Waals surface area contributed by atoms with E-state index in [0.717, 1.165) is 11.3 Å². The van der Waals surface area contributed by atoms with E-state index in [1.54, 1.807) is 30.2 Å². The lowest BCUT2D eigenvalue weighted by molar-refractivity contribution is -0.138. The molecular weight excluding hydrogens is 306 g/mol. The molecule has 0 aliphatic carbocycles. The van der Waals surface area contributed by atoms with Gasteiger partial charge < -0.3 is 14.7 Å². The van der Waals surface area contributed by atoms with Crippen LogP contribution in [-0.2, 0) is 9.59 Å². The lowest BCUT2D eigenvalue weighted by Gasteiger charge is -2.22. The van der Waals surface area contributed by atoms with Crippen molar-refractivity contribution in [3.8, 4) is 5.75 Å². The molecular formula is C19H19NO4. The highest BCUT2D eigenvalue weighted by Gasteiger charge is 2.37. The summed E-state index contributed by atoms with van der Waals surface area (Å²) < 4.78 is 5.14. The number of para-hydroxylation sites is 1. The molecule has 1 N–H and O–H groups in total. The quantitative estimate of drug-likeness (QED) is 0.938. The van der Waals surface area contributed by atoms with Gasteiger partial charge in [0.15, 0.2) is 0 Å². The Hall–Kier alpha value is -2.82. The van der Waals surface area contributed by atoms with Crippen molar-refractivity contribution in [2.24, 2.45) is 0 Å². The molecule has 0 saturated carbocycles. The van der Waals surface area contributed by atoms with Gasteiger partial charge in [0.1, 0.15) is 11.7 Å². The van der Waals surface area contributed by atoms with Crippen LogP contribution in [0, 0.1) is 0 Å². The smallest absolute Gasteiger partial charge is 0.312 e. The Balaban J connectivity index is 1.88. The van der Waals surface area contributed by atoms with Crippen LogP contribution >= 0.6 is 0 Å². The zero-order valence-corrected chi connectivity index (χ0v) is 13.6. The van der Waals surface area contributed by atoms with E-state index in [0.29, 0.717) is 11.3 Å². The molecule has 2 atom stereocenters. The Bertz CT molecular complexity index is 769. The molecule has 24 heavy (non-hydrogen) atoms. The first kappa shape index (κ1) is 16.1. The third-order valence-electron chi connectivity index (χ3n) is 4.52. The number of hydrogen-bond donors (Lipinski definition) is 1. The van der Waals surface area contributed by atoms with Gasteiger partial charge in [-0.15, -0.1) is 0 Å². The Morgan fingerprint density at radius 1 is 1.17 bits per heavy atom. The van der Waals surface area contributed by atoms with Crippen molar-refractivity contribution in [1.82, 2.24) is 0 Å². The molecule has 1 amide bonds. The van der Waals surface area contributed by atoms with Crippen LogP contribution in [0.2, 0.25) is 0 Å². The second-order valence-electron chi connectivity index (χ2n) is 5.89. The van der Waals surface area contributed by atoms with Crippen molar-refractivity contribution in [3.05, 3.63) is 59.7 Å². The maximum Gasteiger partial charge on any atom is 0.312 e. The summed E-state index contributed by atoms with van der Waals surface area (Å²) in [6, 6.07) is 14.6. The van der Waals surface area contributed by atoms with Gasteiger partial charge in [-0.1, -0.05) is 30.3 Å². The zero-order chi connectivity index (χ0) is 17.3. The molecule has 1 aliphatic heterocycles. The Morgan fingerprint density at radius 2 is 1.83 bits per heavy atom. The molecule has 2 aromatic rings. The van der Waals surface area contributed by atoms with Crippen molar-refractivity contribution >= 4 is 17.6 Å². The standard InChI is InChI=1S/C19H19NO4/c1-12(13-7-9-14(24-2)10-8-13)18(21)20-11-16(19(22)23)15-5-3-4-6-17(15)20/h3-10,12,16H,11H2,1-2H3,(H,22,23)/t12-,16-/m0/s1. The summed E-state index contributed by atoms with van der Waals surface area (Å²) in [4.78, 5) is 26.0. The molecule has 1 heterocycles. The number of amides is 1. The fraction of sp³-hybridized carbons (Fsp3) is 0.263. The minimum absolute atomic E-state index is 0.101. The third-order valence-corrected chi connectivity index (χ3v) is 4.52. The van der Waals surface area contributed by atoms with Gasteiger partial charge in [-0.3, -0.25) is 9.59 Å². The van der Waals surface area contributed by atoms with Gasteiger partial charge in [0, 0.05) is 12.2 Å². The van der Waals surface area contributed by atoms with Crippen molar-refractivity contribution in [2.75, 3.05) is 18.6 Å². The highest BCUT2D eigenvalue weighted by molar-refractivity contribution is 6.02. The molecule has 0 saturated heterocycles. The molecule has 124 valence electrons. The number of aliphatic carboxylic acids is 1. The van der Waals surface area contributed by atoms with Gasteiger partial charge in [-0.2, -0.15) is 0 Å². The highest BCUT2D eigenvalue weighted by Crippen LogP contribution is 2.38. The third kappa shape index (κ3) is 2.73. The predicted molar refractivity (Wildman–Crippen MR) is 90.6 cm³/mol. The summed E-state index contributed by atoms with van der Waals surface area (Å²) in [5, 5.41) is 9.42. The maximum atomic E-state index is 12.9. The number of anilines is 1. The Labute approximate surface area is 140 Å². The van der Waals surface area contributed by atoms with Crippen LogP contribution < -0.4 is 9.64 Å². The normalized spacial score (nSPS) is 17.2. The molecule has 5 heteroatoms. The van der Waals surface area contributed by atoms with Crippen molar-refractivity contribution in [2.45, 2.75) is 18.8 Å². The van der Waals surface area contributed by atoms with Gasteiger partial charge in [0.25, 0.3) is 0 Å². The van der Waals surface area contributed by atoms with Gasteiger partial charge in [0.2, 0.25) is 5.91 Å². The largest absolute Gasteiger partial charge is 0.497 e. The van der Waals surface area contributed by atoms with Crippen LogP contribution in [0.1, 0.15) is 29.9 Å². The molecule has 2 aromatic carbocycles. The molecule has 5 nitrogen and oxygen atoms in total. The number of ether oxygens (including phenoxy) is 1. The van der Waals surface area contributed by atoms with E-state index in [1.165, 1.54) is 0 Å². The van der Waals surface area contributed by atoms with E-state index in [-0.39, 0.29) is 18.4 Å². The number of nitrogens with zero attached hydrogens (tertiary/aromatic N) is 1. The number of carbonyl (C=O) groups is 2. The monoisotopic (exact) mass is 325 g/mol. The molecule has 0 aromatic heterocycles. The fourth-order valence-electron chi connectivity index (χ4n) is 3.10. The minimum Gasteiger partial charge on any atom is -0.497 e. The summed E-state index contributed by atoms with van der Waals surface area (Å²) in [5.74, 6) is -1.31. The average Bonchev–Trinajstić information content (AvgIpc) is 3.00. The van der Waals surface area contributed by atoms with Crippen LogP contribution in [0.5, 0.6) is 5.75 Å². The van der Waals surface area contributed by atoms with Crippen molar-refractivity contribution in [1.29, 1.82) is 0 Å². The number of fused-ring (bicyclic) bond motifs is 1. The number of rotatable bonds is 4. The minimum atomic E-state index is -0.908. The van der Waals surface area contributed by atoms with Crippen molar-refractivity contribution in [3.63, 3.8) is 0 Å². The average molecular weight is 325 g/mol. The van der Waals surface area contributed by atoms with E-state index >= 15 is 0 Å². The SMILES string of the molecule is COc1ccc([C@H](C)C(=O)N2C[C@H](C(=O)O)c3ccccc32)cc1. The number of methoxy groups -OCH3 is 1. The number of carboxylic acids is 1. The molecule has 0 spiro atoms. The summed E-state index contributed by atoms with van der Waals surface area (Å²) in [7, 11) is 1.59. The lowest BCUT2D eigenvalue weighted by atomic mass is 9.99. The molecule has 0 unspecified atom stereocenters. The van der Waals surface area contributed by atoms with Crippen LogP contribution in [-0.4, -0.2) is 30.6 Å². The molecule has 3 rings (SSSR count). The van der Waals surface area contributed by atoms with E-state index in [2.05, 4.69) is 0 Å².